The number of piperazine rings is 1. The summed E-state index contributed by atoms with van der Waals surface area (Å²) in [5, 5.41) is 2.58. The van der Waals surface area contributed by atoms with Gasteiger partial charge in [0.1, 0.15) is 11.7 Å². The first-order valence-electron chi connectivity index (χ1n) is 8.91. The van der Waals surface area contributed by atoms with Crippen molar-refractivity contribution in [3.63, 3.8) is 0 Å². The second-order valence-electron chi connectivity index (χ2n) is 7.39. The molecule has 2 aliphatic heterocycles. The number of amides is 3. The molecule has 1 unspecified atom stereocenters. The highest BCUT2D eigenvalue weighted by atomic mass is 16.6. The lowest BCUT2D eigenvalue weighted by molar-refractivity contribution is -0.146. The number of ether oxygens (including phenoxy) is 2. The van der Waals surface area contributed by atoms with Gasteiger partial charge in [-0.15, -0.1) is 0 Å². The normalized spacial score (nSPS) is 21.2. The summed E-state index contributed by atoms with van der Waals surface area (Å²) >= 11 is 0. The molecule has 0 aromatic heterocycles. The zero-order chi connectivity index (χ0) is 18.4. The molecule has 0 saturated carbocycles. The molecule has 2 saturated heterocycles. The Kier molecular flexibility index (Phi) is 6.64. The maximum atomic E-state index is 12.3. The Balaban J connectivity index is 1.65. The Morgan fingerprint density at radius 3 is 2.32 bits per heavy atom. The molecule has 0 aromatic carbocycles. The average molecular weight is 355 g/mol. The average Bonchev–Trinajstić information content (AvgIpc) is 3.07. The Hall–Kier alpha value is -1.83. The molecule has 25 heavy (non-hydrogen) atoms. The van der Waals surface area contributed by atoms with E-state index < -0.39 is 11.7 Å². The van der Waals surface area contributed by atoms with Gasteiger partial charge in [-0.3, -0.25) is 9.59 Å². The van der Waals surface area contributed by atoms with Gasteiger partial charge in [0.15, 0.2) is 0 Å². The largest absolute Gasteiger partial charge is 0.444 e. The zero-order valence-corrected chi connectivity index (χ0v) is 15.4. The third-order valence-electron chi connectivity index (χ3n) is 4.16. The van der Waals surface area contributed by atoms with E-state index in [0.717, 1.165) is 12.8 Å². The van der Waals surface area contributed by atoms with E-state index in [2.05, 4.69) is 5.32 Å². The van der Waals surface area contributed by atoms with Crippen molar-refractivity contribution >= 4 is 17.9 Å². The van der Waals surface area contributed by atoms with Crippen molar-refractivity contribution in [1.29, 1.82) is 0 Å². The minimum absolute atomic E-state index is 0.0275. The molecule has 0 aliphatic carbocycles. The molecule has 8 nitrogen and oxygen atoms in total. The SMILES string of the molecule is CC(C)(C)OC(=O)NCCC(=O)N1CCN(C(=O)C2CCCO2)CC1. The molecule has 0 spiro atoms. The Labute approximate surface area is 148 Å². The standard InChI is InChI=1S/C17H29N3O5/c1-17(2,3)25-16(23)18-7-6-14(21)19-8-10-20(11-9-19)15(22)13-5-4-12-24-13/h13H,4-12H2,1-3H3,(H,18,23). The van der Waals surface area contributed by atoms with Crippen molar-refractivity contribution in [1.82, 2.24) is 15.1 Å². The number of nitrogens with zero attached hydrogens (tertiary/aromatic N) is 2. The van der Waals surface area contributed by atoms with Gasteiger partial charge in [0.2, 0.25) is 5.91 Å². The van der Waals surface area contributed by atoms with Gasteiger partial charge in [0.05, 0.1) is 0 Å². The number of nitrogens with one attached hydrogen (secondary N) is 1. The molecule has 142 valence electrons. The molecular weight excluding hydrogens is 326 g/mol. The number of hydrogen-bond acceptors (Lipinski definition) is 5. The van der Waals surface area contributed by atoms with E-state index in [9.17, 15) is 14.4 Å². The summed E-state index contributed by atoms with van der Waals surface area (Å²) in [6, 6.07) is 0. The number of carbonyl (C=O) groups is 3. The van der Waals surface area contributed by atoms with Crippen molar-refractivity contribution in [2.45, 2.75) is 51.7 Å². The van der Waals surface area contributed by atoms with E-state index in [4.69, 9.17) is 9.47 Å². The summed E-state index contributed by atoms with van der Waals surface area (Å²) in [5.74, 6) is 0.0106. The molecule has 2 heterocycles. The Morgan fingerprint density at radius 2 is 1.76 bits per heavy atom. The van der Waals surface area contributed by atoms with Crippen LogP contribution in [0.4, 0.5) is 4.79 Å². The first kappa shape index (κ1) is 19.5. The lowest BCUT2D eigenvalue weighted by Gasteiger charge is -2.35. The third kappa shape index (κ3) is 6.19. The van der Waals surface area contributed by atoms with Crippen molar-refractivity contribution in [3.05, 3.63) is 0 Å². The summed E-state index contributed by atoms with van der Waals surface area (Å²) in [7, 11) is 0. The monoisotopic (exact) mass is 355 g/mol. The van der Waals surface area contributed by atoms with Crippen molar-refractivity contribution < 1.29 is 23.9 Å². The van der Waals surface area contributed by atoms with Crippen LogP contribution in [0.2, 0.25) is 0 Å². The zero-order valence-electron chi connectivity index (χ0n) is 15.4. The molecule has 1 atom stereocenters. The van der Waals surface area contributed by atoms with Crippen LogP contribution in [-0.2, 0) is 19.1 Å². The van der Waals surface area contributed by atoms with Crippen LogP contribution in [0.5, 0.6) is 0 Å². The van der Waals surface area contributed by atoms with Gasteiger partial charge in [-0.1, -0.05) is 0 Å². The minimum atomic E-state index is -0.556. The van der Waals surface area contributed by atoms with Crippen molar-refractivity contribution in [2.75, 3.05) is 39.3 Å². The summed E-state index contributed by atoms with van der Waals surface area (Å²) in [5.41, 5.74) is -0.556. The smallest absolute Gasteiger partial charge is 0.407 e. The molecule has 0 bridgehead atoms. The first-order valence-corrected chi connectivity index (χ1v) is 8.91. The predicted molar refractivity (Wildman–Crippen MR) is 91.0 cm³/mol. The van der Waals surface area contributed by atoms with Gasteiger partial charge in [-0.05, 0) is 33.6 Å². The quantitative estimate of drug-likeness (QED) is 0.804. The van der Waals surface area contributed by atoms with Crippen LogP contribution in [0.25, 0.3) is 0 Å². The van der Waals surface area contributed by atoms with Crippen LogP contribution >= 0.6 is 0 Å². The summed E-state index contributed by atoms with van der Waals surface area (Å²) < 4.78 is 10.6. The van der Waals surface area contributed by atoms with Crippen LogP contribution in [-0.4, -0.2) is 78.7 Å². The minimum Gasteiger partial charge on any atom is -0.444 e. The Bertz CT molecular complexity index is 489. The molecule has 2 fully saturated rings. The van der Waals surface area contributed by atoms with E-state index >= 15 is 0 Å². The highest BCUT2D eigenvalue weighted by Crippen LogP contribution is 2.16. The summed E-state index contributed by atoms with van der Waals surface area (Å²) in [4.78, 5) is 39.5. The highest BCUT2D eigenvalue weighted by Gasteiger charge is 2.31. The summed E-state index contributed by atoms with van der Waals surface area (Å²) in [6.07, 6.45) is 1.11. The lowest BCUT2D eigenvalue weighted by Crippen LogP contribution is -2.53. The van der Waals surface area contributed by atoms with E-state index in [-0.39, 0.29) is 30.9 Å². The second-order valence-corrected chi connectivity index (χ2v) is 7.39. The van der Waals surface area contributed by atoms with E-state index in [1.807, 2.05) is 0 Å². The molecule has 0 aromatic rings. The fraction of sp³-hybridized carbons (Fsp3) is 0.824. The topological polar surface area (TPSA) is 88.2 Å². The molecule has 3 amide bonds. The number of rotatable bonds is 4. The van der Waals surface area contributed by atoms with Gasteiger partial charge < -0.3 is 24.6 Å². The first-order chi connectivity index (χ1) is 11.8. The molecule has 1 N–H and O–H groups in total. The van der Waals surface area contributed by atoms with Crippen LogP contribution < -0.4 is 5.32 Å². The molecule has 2 aliphatic rings. The fourth-order valence-electron chi connectivity index (χ4n) is 2.90. The maximum Gasteiger partial charge on any atom is 0.407 e. The van der Waals surface area contributed by atoms with E-state index in [0.29, 0.717) is 32.8 Å². The van der Waals surface area contributed by atoms with Gasteiger partial charge in [-0.25, -0.2) is 4.79 Å². The molecule has 8 heteroatoms. The van der Waals surface area contributed by atoms with Crippen LogP contribution in [0.1, 0.15) is 40.0 Å². The number of alkyl carbamates (subject to hydrolysis) is 1. The third-order valence-corrected chi connectivity index (χ3v) is 4.16. The molecular formula is C17H29N3O5. The maximum absolute atomic E-state index is 12.3. The van der Waals surface area contributed by atoms with Gasteiger partial charge in [-0.2, -0.15) is 0 Å². The lowest BCUT2D eigenvalue weighted by atomic mass is 10.2. The Morgan fingerprint density at radius 1 is 1.12 bits per heavy atom. The second kappa shape index (κ2) is 8.51. The number of carbonyl (C=O) groups excluding carboxylic acids is 3. The van der Waals surface area contributed by atoms with Crippen LogP contribution in [0, 0.1) is 0 Å². The van der Waals surface area contributed by atoms with Crippen LogP contribution in [0.15, 0.2) is 0 Å². The highest BCUT2D eigenvalue weighted by molar-refractivity contribution is 5.82. The van der Waals surface area contributed by atoms with Gasteiger partial charge in [0, 0.05) is 45.8 Å². The summed E-state index contributed by atoms with van der Waals surface area (Å²) in [6.45, 7) is 8.35. The van der Waals surface area contributed by atoms with E-state index in [1.54, 1.807) is 30.6 Å². The fourth-order valence-corrected chi connectivity index (χ4v) is 2.90. The van der Waals surface area contributed by atoms with Crippen molar-refractivity contribution in [2.24, 2.45) is 0 Å². The van der Waals surface area contributed by atoms with Crippen LogP contribution in [0.3, 0.4) is 0 Å². The van der Waals surface area contributed by atoms with E-state index in [1.165, 1.54) is 0 Å². The molecule has 2 rings (SSSR count). The van der Waals surface area contributed by atoms with Gasteiger partial charge in [0.25, 0.3) is 5.91 Å². The van der Waals surface area contributed by atoms with Gasteiger partial charge >= 0.3 is 6.09 Å². The molecule has 0 radical (unpaired) electrons. The number of hydrogen-bond donors (Lipinski definition) is 1. The van der Waals surface area contributed by atoms with Crippen molar-refractivity contribution in [3.8, 4) is 0 Å². The predicted octanol–water partition coefficient (Wildman–Crippen LogP) is 0.751.